The van der Waals surface area contributed by atoms with E-state index in [4.69, 9.17) is 0 Å². The quantitative estimate of drug-likeness (QED) is 0.892. The van der Waals surface area contributed by atoms with E-state index in [-0.39, 0.29) is 11.8 Å². The van der Waals surface area contributed by atoms with Crippen LogP contribution in [0.15, 0.2) is 59.1 Å². The third kappa shape index (κ3) is 4.43. The van der Waals surface area contributed by atoms with Gasteiger partial charge in [0.05, 0.1) is 0 Å². The molecule has 0 spiro atoms. The molecule has 0 saturated heterocycles. The molecule has 0 aliphatic heterocycles. The molecule has 2 rings (SSSR count). The monoisotopic (exact) mass is 346 g/mol. The zero-order valence-electron chi connectivity index (χ0n) is 11.5. The minimum atomic E-state index is -0.628. The number of amides is 2. The summed E-state index contributed by atoms with van der Waals surface area (Å²) < 4.78 is 0.816. The molecule has 0 aliphatic carbocycles. The molecule has 5 heteroatoms. The second kappa shape index (κ2) is 7.04. The van der Waals surface area contributed by atoms with Gasteiger partial charge in [0.15, 0.2) is 0 Å². The molecule has 2 N–H and O–H groups in total. The normalized spacial score (nSPS) is 11.5. The summed E-state index contributed by atoms with van der Waals surface area (Å²) in [7, 11) is 0. The van der Waals surface area contributed by atoms with Gasteiger partial charge in [-0.1, -0.05) is 40.2 Å². The molecular formula is C16H15BrN2O2. The van der Waals surface area contributed by atoms with Crippen LogP contribution in [-0.4, -0.2) is 17.9 Å². The van der Waals surface area contributed by atoms with Gasteiger partial charge in [0.2, 0.25) is 5.91 Å². The van der Waals surface area contributed by atoms with E-state index >= 15 is 0 Å². The largest absolute Gasteiger partial charge is 0.341 e. The standard InChI is InChI=1S/C16H15BrN2O2/c1-11(15(20)19-14-8-3-2-4-9-14)18-16(21)12-6-5-7-13(17)10-12/h2-11H,1H3,(H,18,21)(H,19,20). The average molecular weight is 347 g/mol. The first-order chi connectivity index (χ1) is 10.1. The number of hydrogen-bond donors (Lipinski definition) is 2. The summed E-state index contributed by atoms with van der Waals surface area (Å²) in [6.07, 6.45) is 0. The Hall–Kier alpha value is -2.14. The molecule has 2 aromatic rings. The molecule has 2 aromatic carbocycles. The molecule has 0 fully saturated rings. The zero-order chi connectivity index (χ0) is 15.2. The van der Waals surface area contributed by atoms with E-state index in [1.165, 1.54) is 0 Å². The number of benzene rings is 2. The SMILES string of the molecule is CC(NC(=O)c1cccc(Br)c1)C(=O)Nc1ccccc1. The van der Waals surface area contributed by atoms with E-state index in [2.05, 4.69) is 26.6 Å². The number of carbonyl (C=O) groups excluding carboxylic acids is 2. The summed E-state index contributed by atoms with van der Waals surface area (Å²) >= 11 is 3.31. The zero-order valence-corrected chi connectivity index (χ0v) is 13.1. The van der Waals surface area contributed by atoms with Crippen LogP contribution in [0.25, 0.3) is 0 Å². The van der Waals surface area contributed by atoms with Crippen LogP contribution in [0.4, 0.5) is 5.69 Å². The topological polar surface area (TPSA) is 58.2 Å². The molecule has 1 atom stereocenters. The number of carbonyl (C=O) groups is 2. The average Bonchev–Trinajstić information content (AvgIpc) is 2.48. The van der Waals surface area contributed by atoms with Crippen LogP contribution in [0.1, 0.15) is 17.3 Å². The first-order valence-corrected chi connectivity index (χ1v) is 7.28. The maximum Gasteiger partial charge on any atom is 0.251 e. The van der Waals surface area contributed by atoms with Gasteiger partial charge >= 0.3 is 0 Å². The Morgan fingerprint density at radius 3 is 2.43 bits per heavy atom. The maximum atomic E-state index is 12.1. The summed E-state index contributed by atoms with van der Waals surface area (Å²) in [5.41, 5.74) is 1.20. The van der Waals surface area contributed by atoms with E-state index in [0.717, 1.165) is 4.47 Å². The fourth-order valence-electron chi connectivity index (χ4n) is 1.75. The van der Waals surface area contributed by atoms with Crippen molar-refractivity contribution in [2.24, 2.45) is 0 Å². The summed E-state index contributed by atoms with van der Waals surface area (Å²) in [6.45, 7) is 1.65. The van der Waals surface area contributed by atoms with Crippen LogP contribution in [0.3, 0.4) is 0 Å². The third-order valence-electron chi connectivity index (χ3n) is 2.87. The molecule has 0 radical (unpaired) electrons. The van der Waals surface area contributed by atoms with E-state index in [1.54, 1.807) is 37.3 Å². The Labute approximate surface area is 131 Å². The molecule has 0 bridgehead atoms. The van der Waals surface area contributed by atoms with Gasteiger partial charge in [0.25, 0.3) is 5.91 Å². The summed E-state index contributed by atoms with van der Waals surface area (Å²) in [6, 6.07) is 15.5. The second-order valence-electron chi connectivity index (χ2n) is 4.56. The molecule has 21 heavy (non-hydrogen) atoms. The highest BCUT2D eigenvalue weighted by atomic mass is 79.9. The fourth-order valence-corrected chi connectivity index (χ4v) is 2.15. The number of halogens is 1. The van der Waals surface area contributed by atoms with E-state index in [1.807, 2.05) is 24.3 Å². The van der Waals surface area contributed by atoms with Gasteiger partial charge in [0, 0.05) is 15.7 Å². The van der Waals surface area contributed by atoms with Gasteiger partial charge in [-0.05, 0) is 37.3 Å². The van der Waals surface area contributed by atoms with Crippen molar-refractivity contribution in [1.82, 2.24) is 5.32 Å². The first-order valence-electron chi connectivity index (χ1n) is 6.48. The van der Waals surface area contributed by atoms with Crippen molar-refractivity contribution in [2.45, 2.75) is 13.0 Å². The van der Waals surface area contributed by atoms with Gasteiger partial charge < -0.3 is 10.6 Å². The van der Waals surface area contributed by atoms with Crippen LogP contribution < -0.4 is 10.6 Å². The van der Waals surface area contributed by atoms with Crippen molar-refractivity contribution in [1.29, 1.82) is 0 Å². The number of hydrogen-bond acceptors (Lipinski definition) is 2. The Morgan fingerprint density at radius 1 is 1.05 bits per heavy atom. The Morgan fingerprint density at radius 2 is 1.76 bits per heavy atom. The second-order valence-corrected chi connectivity index (χ2v) is 5.48. The van der Waals surface area contributed by atoms with Crippen LogP contribution >= 0.6 is 15.9 Å². The molecule has 2 amide bonds. The van der Waals surface area contributed by atoms with Gasteiger partial charge in [-0.3, -0.25) is 9.59 Å². The van der Waals surface area contributed by atoms with Crippen molar-refractivity contribution < 1.29 is 9.59 Å². The van der Waals surface area contributed by atoms with E-state index in [9.17, 15) is 9.59 Å². The van der Waals surface area contributed by atoms with Gasteiger partial charge in [-0.2, -0.15) is 0 Å². The fraction of sp³-hybridized carbons (Fsp3) is 0.125. The highest BCUT2D eigenvalue weighted by molar-refractivity contribution is 9.10. The lowest BCUT2D eigenvalue weighted by Gasteiger charge is -2.14. The van der Waals surface area contributed by atoms with Crippen molar-refractivity contribution >= 4 is 33.4 Å². The Kier molecular flexibility index (Phi) is 5.11. The highest BCUT2D eigenvalue weighted by Crippen LogP contribution is 2.12. The number of nitrogens with one attached hydrogen (secondary N) is 2. The summed E-state index contributed by atoms with van der Waals surface area (Å²) in [5, 5.41) is 5.42. The van der Waals surface area contributed by atoms with Crippen molar-refractivity contribution in [3.63, 3.8) is 0 Å². The molecule has 0 saturated carbocycles. The third-order valence-corrected chi connectivity index (χ3v) is 3.36. The van der Waals surface area contributed by atoms with Crippen molar-refractivity contribution in [2.75, 3.05) is 5.32 Å². The summed E-state index contributed by atoms with van der Waals surface area (Å²) in [5.74, 6) is -0.545. The van der Waals surface area contributed by atoms with Crippen LogP contribution in [0.2, 0.25) is 0 Å². The molecule has 0 aliphatic rings. The highest BCUT2D eigenvalue weighted by Gasteiger charge is 2.16. The number of rotatable bonds is 4. The van der Waals surface area contributed by atoms with Crippen molar-refractivity contribution in [3.05, 3.63) is 64.6 Å². The van der Waals surface area contributed by atoms with Crippen LogP contribution in [0, 0.1) is 0 Å². The van der Waals surface area contributed by atoms with E-state index in [0.29, 0.717) is 11.3 Å². The van der Waals surface area contributed by atoms with E-state index < -0.39 is 6.04 Å². The minimum Gasteiger partial charge on any atom is -0.341 e. The Balaban J connectivity index is 1.96. The van der Waals surface area contributed by atoms with Gasteiger partial charge in [-0.25, -0.2) is 0 Å². The van der Waals surface area contributed by atoms with Crippen molar-refractivity contribution in [3.8, 4) is 0 Å². The lowest BCUT2D eigenvalue weighted by Crippen LogP contribution is -2.41. The van der Waals surface area contributed by atoms with Crippen LogP contribution in [0.5, 0.6) is 0 Å². The van der Waals surface area contributed by atoms with Gasteiger partial charge in [0.1, 0.15) is 6.04 Å². The molecule has 4 nitrogen and oxygen atoms in total. The molecular weight excluding hydrogens is 332 g/mol. The lowest BCUT2D eigenvalue weighted by atomic mass is 10.2. The first kappa shape index (κ1) is 15.3. The molecule has 1 unspecified atom stereocenters. The minimum absolute atomic E-state index is 0.260. The predicted octanol–water partition coefficient (Wildman–Crippen LogP) is 3.21. The lowest BCUT2D eigenvalue weighted by molar-refractivity contribution is -0.117. The summed E-state index contributed by atoms with van der Waals surface area (Å²) in [4.78, 5) is 24.1. The number of para-hydroxylation sites is 1. The molecule has 0 heterocycles. The molecule has 108 valence electrons. The molecule has 0 aromatic heterocycles. The van der Waals surface area contributed by atoms with Crippen LogP contribution in [-0.2, 0) is 4.79 Å². The number of anilines is 1. The maximum absolute atomic E-state index is 12.1. The smallest absolute Gasteiger partial charge is 0.251 e. The Bertz CT molecular complexity index is 644. The van der Waals surface area contributed by atoms with Gasteiger partial charge in [-0.15, -0.1) is 0 Å². The predicted molar refractivity (Wildman–Crippen MR) is 86.1 cm³/mol.